The first-order valence-electron chi connectivity index (χ1n) is 10.3. The number of carbonyl (C=O) groups is 2. The van der Waals surface area contributed by atoms with E-state index in [-0.39, 0.29) is 17.6 Å². The molecule has 0 aliphatic heterocycles. The Morgan fingerprint density at radius 2 is 1.84 bits per heavy atom. The van der Waals surface area contributed by atoms with Gasteiger partial charge in [0.1, 0.15) is 6.33 Å². The summed E-state index contributed by atoms with van der Waals surface area (Å²) in [7, 11) is 0. The lowest BCUT2D eigenvalue weighted by atomic mass is 10.1. The standard InChI is InChI=1S/C23H27N5O2S/c1-4-17-9-5-8-12-20(17)28-15-25-27-23(28)31-14-21(29)26-19-11-7-6-10-18(19)22(30)24-13-16(2)3/h5-12,15-16H,4,13-14H2,1-3H3,(H,24,30)(H,26,29). The number of amides is 2. The largest absolute Gasteiger partial charge is 0.352 e. The third-order valence-electron chi connectivity index (χ3n) is 4.60. The molecule has 2 amide bonds. The number of para-hydroxylation sites is 2. The number of rotatable bonds is 9. The van der Waals surface area contributed by atoms with E-state index in [1.807, 2.05) is 36.6 Å². The van der Waals surface area contributed by atoms with Crippen LogP contribution in [0.15, 0.2) is 60.0 Å². The molecule has 1 aromatic heterocycles. The van der Waals surface area contributed by atoms with Crippen LogP contribution in [0.25, 0.3) is 5.69 Å². The molecule has 2 aromatic carbocycles. The molecule has 2 N–H and O–H groups in total. The molecule has 1 heterocycles. The molecular weight excluding hydrogens is 410 g/mol. The Labute approximate surface area is 186 Å². The molecule has 7 nitrogen and oxygen atoms in total. The van der Waals surface area contributed by atoms with Crippen LogP contribution in [0.3, 0.4) is 0 Å². The van der Waals surface area contributed by atoms with Crippen molar-refractivity contribution in [1.29, 1.82) is 0 Å². The molecule has 3 rings (SSSR count). The number of benzene rings is 2. The van der Waals surface area contributed by atoms with Crippen molar-refractivity contribution in [3.63, 3.8) is 0 Å². The third-order valence-corrected chi connectivity index (χ3v) is 5.54. The van der Waals surface area contributed by atoms with Crippen LogP contribution < -0.4 is 10.6 Å². The summed E-state index contributed by atoms with van der Waals surface area (Å²) in [6.07, 6.45) is 2.54. The second-order valence-corrected chi connectivity index (χ2v) is 8.39. The predicted octanol–water partition coefficient (Wildman–Crippen LogP) is 3.95. The van der Waals surface area contributed by atoms with E-state index in [2.05, 4.69) is 33.8 Å². The smallest absolute Gasteiger partial charge is 0.253 e. The van der Waals surface area contributed by atoms with Gasteiger partial charge in [0.05, 0.1) is 22.7 Å². The highest BCUT2D eigenvalue weighted by Crippen LogP contribution is 2.23. The van der Waals surface area contributed by atoms with Crippen LogP contribution in [0.5, 0.6) is 0 Å². The van der Waals surface area contributed by atoms with Crippen molar-refractivity contribution in [1.82, 2.24) is 20.1 Å². The van der Waals surface area contributed by atoms with Gasteiger partial charge in [-0.15, -0.1) is 10.2 Å². The van der Waals surface area contributed by atoms with Gasteiger partial charge in [-0.1, -0.05) is 62.9 Å². The summed E-state index contributed by atoms with van der Waals surface area (Å²) in [6, 6.07) is 15.1. The Morgan fingerprint density at radius 1 is 1.10 bits per heavy atom. The summed E-state index contributed by atoms with van der Waals surface area (Å²) >= 11 is 1.30. The van der Waals surface area contributed by atoms with Crippen LogP contribution in [0, 0.1) is 5.92 Å². The zero-order valence-electron chi connectivity index (χ0n) is 18.0. The van der Waals surface area contributed by atoms with Gasteiger partial charge in [-0.05, 0) is 36.1 Å². The molecular formula is C23H27N5O2S. The van der Waals surface area contributed by atoms with E-state index in [9.17, 15) is 9.59 Å². The molecule has 0 atom stereocenters. The number of carbonyl (C=O) groups excluding carboxylic acids is 2. The van der Waals surface area contributed by atoms with Crippen molar-refractivity contribution >= 4 is 29.3 Å². The van der Waals surface area contributed by atoms with E-state index in [1.165, 1.54) is 17.3 Å². The van der Waals surface area contributed by atoms with Crippen molar-refractivity contribution < 1.29 is 9.59 Å². The Bertz CT molecular complexity index is 1050. The summed E-state index contributed by atoms with van der Waals surface area (Å²) in [4.78, 5) is 25.1. The molecule has 31 heavy (non-hydrogen) atoms. The van der Waals surface area contributed by atoms with Gasteiger partial charge >= 0.3 is 0 Å². The van der Waals surface area contributed by atoms with Gasteiger partial charge < -0.3 is 10.6 Å². The molecule has 0 aliphatic carbocycles. The fourth-order valence-electron chi connectivity index (χ4n) is 3.03. The number of aromatic nitrogens is 3. The van der Waals surface area contributed by atoms with E-state index in [4.69, 9.17) is 0 Å². The predicted molar refractivity (Wildman–Crippen MR) is 124 cm³/mol. The summed E-state index contributed by atoms with van der Waals surface area (Å²) < 4.78 is 1.89. The Balaban J connectivity index is 1.66. The third kappa shape index (κ3) is 5.95. The van der Waals surface area contributed by atoms with Gasteiger partial charge in [-0.25, -0.2) is 0 Å². The first-order chi connectivity index (χ1) is 15.0. The van der Waals surface area contributed by atoms with Crippen LogP contribution >= 0.6 is 11.8 Å². The monoisotopic (exact) mass is 437 g/mol. The highest BCUT2D eigenvalue weighted by molar-refractivity contribution is 7.99. The number of thioether (sulfide) groups is 1. The van der Waals surface area contributed by atoms with Gasteiger partial charge in [0, 0.05) is 6.54 Å². The first kappa shape index (κ1) is 22.6. The van der Waals surface area contributed by atoms with Gasteiger partial charge in [0.15, 0.2) is 5.16 Å². The van der Waals surface area contributed by atoms with Crippen LogP contribution in [-0.4, -0.2) is 38.9 Å². The minimum Gasteiger partial charge on any atom is -0.352 e. The van der Waals surface area contributed by atoms with Crippen LogP contribution in [0.4, 0.5) is 5.69 Å². The molecule has 3 aromatic rings. The maximum atomic E-state index is 12.6. The summed E-state index contributed by atoms with van der Waals surface area (Å²) in [6.45, 7) is 6.73. The normalized spacial score (nSPS) is 10.8. The Morgan fingerprint density at radius 3 is 2.61 bits per heavy atom. The maximum absolute atomic E-state index is 12.6. The van der Waals surface area contributed by atoms with Crippen molar-refractivity contribution in [2.24, 2.45) is 5.92 Å². The number of hydrogen-bond acceptors (Lipinski definition) is 5. The Hall–Kier alpha value is -3.13. The highest BCUT2D eigenvalue weighted by Gasteiger charge is 2.15. The topological polar surface area (TPSA) is 88.9 Å². The molecule has 0 saturated carbocycles. The lowest BCUT2D eigenvalue weighted by Gasteiger charge is -2.13. The zero-order chi connectivity index (χ0) is 22.2. The Kier molecular flexibility index (Phi) is 7.83. The minimum atomic E-state index is -0.215. The second kappa shape index (κ2) is 10.8. The molecule has 0 bridgehead atoms. The lowest BCUT2D eigenvalue weighted by molar-refractivity contribution is -0.113. The van der Waals surface area contributed by atoms with Gasteiger partial charge in [-0.2, -0.15) is 0 Å². The number of hydrogen-bond donors (Lipinski definition) is 2. The van der Waals surface area contributed by atoms with Gasteiger partial charge in [0.2, 0.25) is 5.91 Å². The molecule has 162 valence electrons. The molecule has 0 radical (unpaired) electrons. The molecule has 8 heteroatoms. The van der Waals surface area contributed by atoms with Crippen molar-refractivity contribution in [3.8, 4) is 5.69 Å². The fraction of sp³-hybridized carbons (Fsp3) is 0.304. The maximum Gasteiger partial charge on any atom is 0.253 e. The number of aryl methyl sites for hydroxylation is 1. The number of nitrogens with zero attached hydrogens (tertiary/aromatic N) is 3. The van der Waals surface area contributed by atoms with Gasteiger partial charge in [0.25, 0.3) is 5.91 Å². The molecule has 0 saturated heterocycles. The van der Waals surface area contributed by atoms with E-state index in [0.29, 0.717) is 28.9 Å². The number of nitrogens with one attached hydrogen (secondary N) is 2. The lowest BCUT2D eigenvalue weighted by Crippen LogP contribution is -2.28. The van der Waals surface area contributed by atoms with E-state index < -0.39 is 0 Å². The first-order valence-corrected chi connectivity index (χ1v) is 11.3. The SMILES string of the molecule is CCc1ccccc1-n1cnnc1SCC(=O)Nc1ccccc1C(=O)NCC(C)C. The van der Waals surface area contributed by atoms with Crippen LogP contribution in [-0.2, 0) is 11.2 Å². The fourth-order valence-corrected chi connectivity index (χ4v) is 3.75. The van der Waals surface area contributed by atoms with E-state index in [0.717, 1.165) is 12.1 Å². The summed E-state index contributed by atoms with van der Waals surface area (Å²) in [5.74, 6) is 0.0764. The average molecular weight is 438 g/mol. The quantitative estimate of drug-likeness (QED) is 0.495. The molecule has 0 fully saturated rings. The molecule has 0 unspecified atom stereocenters. The van der Waals surface area contributed by atoms with Crippen LogP contribution in [0.2, 0.25) is 0 Å². The zero-order valence-corrected chi connectivity index (χ0v) is 18.8. The van der Waals surface area contributed by atoms with Crippen LogP contribution in [0.1, 0.15) is 36.7 Å². The second-order valence-electron chi connectivity index (χ2n) is 7.45. The molecule has 0 spiro atoms. The minimum absolute atomic E-state index is 0.148. The van der Waals surface area contributed by atoms with E-state index >= 15 is 0 Å². The summed E-state index contributed by atoms with van der Waals surface area (Å²) in [5, 5.41) is 14.5. The summed E-state index contributed by atoms with van der Waals surface area (Å²) in [5.41, 5.74) is 3.12. The van der Waals surface area contributed by atoms with Gasteiger partial charge in [-0.3, -0.25) is 14.2 Å². The number of anilines is 1. The average Bonchev–Trinajstić information content (AvgIpc) is 3.24. The van der Waals surface area contributed by atoms with Crippen molar-refractivity contribution in [3.05, 3.63) is 66.0 Å². The van der Waals surface area contributed by atoms with E-state index in [1.54, 1.807) is 30.6 Å². The molecule has 0 aliphatic rings. The van der Waals surface area contributed by atoms with Crippen molar-refractivity contribution in [2.45, 2.75) is 32.3 Å². The highest BCUT2D eigenvalue weighted by atomic mass is 32.2. The van der Waals surface area contributed by atoms with Crippen molar-refractivity contribution in [2.75, 3.05) is 17.6 Å².